The number of aromatic nitrogens is 1. The first-order valence-electron chi connectivity index (χ1n) is 6.36. The van der Waals surface area contributed by atoms with E-state index < -0.39 is 11.6 Å². The molecular weight excluding hydrogens is 314 g/mol. The Hall–Kier alpha value is -1.72. The summed E-state index contributed by atoms with van der Waals surface area (Å²) < 4.78 is 27.1. The number of anilines is 1. The predicted molar refractivity (Wildman–Crippen MR) is 83.2 cm³/mol. The topological polar surface area (TPSA) is 24.9 Å². The van der Waals surface area contributed by atoms with Gasteiger partial charge in [-0.1, -0.05) is 29.0 Å². The first-order valence-corrected chi connectivity index (χ1v) is 7.55. The van der Waals surface area contributed by atoms with Gasteiger partial charge in [-0.2, -0.15) is 0 Å². The third-order valence-corrected chi connectivity index (χ3v) is 4.47. The normalized spacial score (nSPS) is 11.0. The Kier molecular flexibility index (Phi) is 4.03. The number of halogens is 3. The number of nitrogens with zero attached hydrogens (tertiary/aromatic N) is 1. The van der Waals surface area contributed by atoms with Crippen molar-refractivity contribution in [3.63, 3.8) is 0 Å². The number of hydrogen-bond acceptors (Lipinski definition) is 3. The molecule has 21 heavy (non-hydrogen) atoms. The van der Waals surface area contributed by atoms with Gasteiger partial charge in [-0.25, -0.2) is 13.8 Å². The van der Waals surface area contributed by atoms with Crippen LogP contribution in [0, 0.1) is 11.6 Å². The first kappa shape index (κ1) is 14.2. The molecule has 0 fully saturated rings. The van der Waals surface area contributed by atoms with Crippen molar-refractivity contribution in [3.05, 3.63) is 58.6 Å². The van der Waals surface area contributed by atoms with E-state index in [1.165, 1.54) is 23.5 Å². The molecule has 1 N–H and O–H groups in total. The minimum absolute atomic E-state index is 0.512. The fourth-order valence-corrected chi connectivity index (χ4v) is 3.24. The summed E-state index contributed by atoms with van der Waals surface area (Å²) in [6.07, 6.45) is 0.512. The number of fused-ring (bicyclic) bond motifs is 1. The molecule has 2 nitrogen and oxygen atoms in total. The zero-order valence-electron chi connectivity index (χ0n) is 10.9. The van der Waals surface area contributed by atoms with E-state index in [4.69, 9.17) is 11.6 Å². The maximum Gasteiger partial charge on any atom is 0.183 e. The predicted octanol–water partition coefficient (Wildman–Crippen LogP) is 4.88. The lowest BCUT2D eigenvalue weighted by Gasteiger charge is -2.03. The van der Waals surface area contributed by atoms with Gasteiger partial charge in [0.1, 0.15) is 11.6 Å². The molecule has 6 heteroatoms. The van der Waals surface area contributed by atoms with Crippen LogP contribution in [0.2, 0.25) is 5.02 Å². The standard InChI is InChI=1S/C15H11ClF2N2S/c16-12-2-1-3-13-14(12)21-15(20-13)19-5-4-9-6-10(17)8-11(18)7-9/h1-3,6-8H,4-5H2,(H,19,20). The van der Waals surface area contributed by atoms with Crippen LogP contribution in [0.15, 0.2) is 36.4 Å². The van der Waals surface area contributed by atoms with E-state index in [1.807, 2.05) is 18.2 Å². The third kappa shape index (κ3) is 3.31. The minimum atomic E-state index is -0.559. The van der Waals surface area contributed by atoms with E-state index in [-0.39, 0.29) is 0 Å². The SMILES string of the molecule is Fc1cc(F)cc(CCNc2nc3cccc(Cl)c3s2)c1. The molecule has 108 valence electrons. The summed E-state index contributed by atoms with van der Waals surface area (Å²) >= 11 is 7.56. The van der Waals surface area contributed by atoms with Crippen LogP contribution in [0.3, 0.4) is 0 Å². The molecule has 3 aromatic rings. The molecule has 0 saturated carbocycles. The molecule has 0 amide bonds. The zero-order chi connectivity index (χ0) is 14.8. The molecule has 0 saturated heterocycles. The second-order valence-electron chi connectivity index (χ2n) is 4.56. The van der Waals surface area contributed by atoms with Crippen LogP contribution >= 0.6 is 22.9 Å². The highest BCUT2D eigenvalue weighted by Gasteiger charge is 2.06. The van der Waals surface area contributed by atoms with Crippen molar-refractivity contribution in [1.29, 1.82) is 0 Å². The van der Waals surface area contributed by atoms with Crippen molar-refractivity contribution in [2.45, 2.75) is 6.42 Å². The number of rotatable bonds is 4. The lowest BCUT2D eigenvalue weighted by atomic mass is 10.1. The summed E-state index contributed by atoms with van der Waals surface area (Å²) in [4.78, 5) is 4.41. The van der Waals surface area contributed by atoms with Gasteiger partial charge >= 0.3 is 0 Å². The fourth-order valence-electron chi connectivity index (χ4n) is 2.06. The summed E-state index contributed by atoms with van der Waals surface area (Å²) in [6, 6.07) is 9.10. The molecule has 0 atom stereocenters. The Bertz CT molecular complexity index is 768. The van der Waals surface area contributed by atoms with Crippen LogP contribution in [-0.2, 0) is 6.42 Å². The van der Waals surface area contributed by atoms with Gasteiger partial charge in [0.2, 0.25) is 0 Å². The van der Waals surface area contributed by atoms with Crippen molar-refractivity contribution in [3.8, 4) is 0 Å². The Morgan fingerprint density at radius 3 is 2.62 bits per heavy atom. The molecule has 0 bridgehead atoms. The molecule has 0 unspecified atom stereocenters. The van der Waals surface area contributed by atoms with Gasteiger partial charge in [0.15, 0.2) is 5.13 Å². The molecule has 0 radical (unpaired) electrons. The van der Waals surface area contributed by atoms with Crippen LogP contribution in [0.1, 0.15) is 5.56 Å². The smallest absolute Gasteiger partial charge is 0.183 e. The van der Waals surface area contributed by atoms with Crippen LogP contribution < -0.4 is 5.32 Å². The Labute approximate surface area is 129 Å². The Morgan fingerprint density at radius 2 is 1.90 bits per heavy atom. The highest BCUT2D eigenvalue weighted by atomic mass is 35.5. The summed E-state index contributed by atoms with van der Waals surface area (Å²) in [7, 11) is 0. The monoisotopic (exact) mass is 324 g/mol. The van der Waals surface area contributed by atoms with Crippen molar-refractivity contribution in [2.24, 2.45) is 0 Å². The second-order valence-corrected chi connectivity index (χ2v) is 5.97. The lowest BCUT2D eigenvalue weighted by Crippen LogP contribution is -2.05. The molecule has 1 heterocycles. The quantitative estimate of drug-likeness (QED) is 0.739. The Balaban J connectivity index is 1.68. The van der Waals surface area contributed by atoms with E-state index in [0.29, 0.717) is 23.6 Å². The summed E-state index contributed by atoms with van der Waals surface area (Å²) in [5.41, 5.74) is 1.45. The number of benzene rings is 2. The van der Waals surface area contributed by atoms with Crippen molar-refractivity contribution in [2.75, 3.05) is 11.9 Å². The zero-order valence-corrected chi connectivity index (χ0v) is 12.4. The van der Waals surface area contributed by atoms with Crippen LogP contribution in [-0.4, -0.2) is 11.5 Å². The first-order chi connectivity index (χ1) is 10.1. The lowest BCUT2D eigenvalue weighted by molar-refractivity contribution is 0.580. The summed E-state index contributed by atoms with van der Waals surface area (Å²) in [5.74, 6) is -1.12. The highest BCUT2D eigenvalue weighted by Crippen LogP contribution is 2.31. The number of hydrogen-bond donors (Lipinski definition) is 1. The van der Waals surface area contributed by atoms with E-state index in [2.05, 4.69) is 10.3 Å². The number of nitrogens with one attached hydrogen (secondary N) is 1. The second kappa shape index (κ2) is 5.95. The molecule has 0 aliphatic rings. The van der Waals surface area contributed by atoms with Crippen LogP contribution in [0.5, 0.6) is 0 Å². The average molecular weight is 325 g/mol. The molecule has 0 aliphatic carbocycles. The molecule has 2 aromatic carbocycles. The van der Waals surface area contributed by atoms with Gasteiger partial charge in [-0.15, -0.1) is 0 Å². The molecule has 0 aliphatic heterocycles. The van der Waals surface area contributed by atoms with Gasteiger partial charge < -0.3 is 5.32 Å². The maximum absolute atomic E-state index is 13.1. The highest BCUT2D eigenvalue weighted by molar-refractivity contribution is 7.22. The third-order valence-electron chi connectivity index (χ3n) is 2.98. The van der Waals surface area contributed by atoms with Crippen LogP contribution in [0.4, 0.5) is 13.9 Å². The van der Waals surface area contributed by atoms with E-state index >= 15 is 0 Å². The van der Waals surface area contributed by atoms with E-state index in [0.717, 1.165) is 21.4 Å². The largest absolute Gasteiger partial charge is 0.361 e. The Morgan fingerprint density at radius 1 is 1.14 bits per heavy atom. The summed E-state index contributed by atoms with van der Waals surface area (Å²) in [6.45, 7) is 0.542. The van der Waals surface area contributed by atoms with Gasteiger partial charge in [0.05, 0.1) is 15.2 Å². The van der Waals surface area contributed by atoms with Gasteiger partial charge in [0, 0.05) is 12.6 Å². The number of thiazole rings is 1. The van der Waals surface area contributed by atoms with E-state index in [9.17, 15) is 8.78 Å². The van der Waals surface area contributed by atoms with Crippen molar-refractivity contribution >= 4 is 38.3 Å². The van der Waals surface area contributed by atoms with Crippen LogP contribution in [0.25, 0.3) is 10.2 Å². The molecule has 0 spiro atoms. The molecule has 3 rings (SSSR count). The van der Waals surface area contributed by atoms with Gasteiger partial charge in [-0.3, -0.25) is 0 Å². The molecule has 1 aromatic heterocycles. The van der Waals surface area contributed by atoms with Gasteiger partial charge in [0.25, 0.3) is 0 Å². The van der Waals surface area contributed by atoms with Gasteiger partial charge in [-0.05, 0) is 36.2 Å². The molecular formula is C15H11ClF2N2S. The fraction of sp³-hybridized carbons (Fsp3) is 0.133. The maximum atomic E-state index is 13.1. The minimum Gasteiger partial charge on any atom is -0.361 e. The van der Waals surface area contributed by atoms with Crippen molar-refractivity contribution in [1.82, 2.24) is 4.98 Å². The van der Waals surface area contributed by atoms with Crippen molar-refractivity contribution < 1.29 is 8.78 Å². The average Bonchev–Trinajstić information content (AvgIpc) is 2.82. The summed E-state index contributed by atoms with van der Waals surface area (Å²) in [5, 5.41) is 4.57. The van der Waals surface area contributed by atoms with E-state index in [1.54, 1.807) is 0 Å².